The van der Waals surface area contributed by atoms with Crippen molar-refractivity contribution in [1.82, 2.24) is 9.55 Å². The lowest BCUT2D eigenvalue weighted by Crippen LogP contribution is -2.42. The van der Waals surface area contributed by atoms with E-state index in [9.17, 15) is 19.5 Å². The Bertz CT molecular complexity index is 601. The van der Waals surface area contributed by atoms with Gasteiger partial charge >= 0.3 is 17.9 Å². The smallest absolute Gasteiger partial charge is 0.330 e. The van der Waals surface area contributed by atoms with Crippen molar-refractivity contribution in [1.29, 1.82) is 0 Å². The zero-order valence-corrected chi connectivity index (χ0v) is 14.3. The molecule has 9 nitrogen and oxygen atoms in total. The van der Waals surface area contributed by atoms with Gasteiger partial charge in [0.1, 0.15) is 19.8 Å². The van der Waals surface area contributed by atoms with Gasteiger partial charge in [-0.2, -0.15) is 0 Å². The Hall–Kier alpha value is -2.94. The Morgan fingerprint density at radius 1 is 1.08 bits per heavy atom. The summed E-state index contributed by atoms with van der Waals surface area (Å²) in [6.07, 6.45) is 6.84. The molecule has 26 heavy (non-hydrogen) atoms. The van der Waals surface area contributed by atoms with Crippen LogP contribution in [0.25, 0.3) is 0 Å². The molecule has 0 aliphatic heterocycles. The van der Waals surface area contributed by atoms with E-state index in [0.29, 0.717) is 6.54 Å². The van der Waals surface area contributed by atoms with Crippen molar-refractivity contribution >= 4 is 17.9 Å². The fourth-order valence-electron chi connectivity index (χ4n) is 1.77. The van der Waals surface area contributed by atoms with E-state index in [-0.39, 0.29) is 26.2 Å². The topological polar surface area (TPSA) is 117 Å². The van der Waals surface area contributed by atoms with Gasteiger partial charge in [-0.25, -0.2) is 14.6 Å². The van der Waals surface area contributed by atoms with Gasteiger partial charge in [-0.3, -0.25) is 4.79 Å². The molecule has 0 aromatic carbocycles. The van der Waals surface area contributed by atoms with Crippen molar-refractivity contribution in [2.45, 2.75) is 13.0 Å². The van der Waals surface area contributed by atoms with Gasteiger partial charge in [0.2, 0.25) is 0 Å². The molecule has 1 heterocycles. The second-order valence-electron chi connectivity index (χ2n) is 5.49. The number of hydrogen-bond donors (Lipinski definition) is 1. The van der Waals surface area contributed by atoms with Crippen LogP contribution in [0.15, 0.2) is 44.0 Å². The molecule has 0 saturated heterocycles. The summed E-state index contributed by atoms with van der Waals surface area (Å²) in [5.41, 5.74) is -1.29. The molecule has 0 aliphatic rings. The monoisotopic (exact) mass is 366 g/mol. The summed E-state index contributed by atoms with van der Waals surface area (Å²) < 4.78 is 16.7. The number of carbonyl (C=O) groups is 3. The van der Waals surface area contributed by atoms with Crippen LogP contribution in [-0.4, -0.2) is 59.0 Å². The first-order chi connectivity index (χ1) is 12.4. The SMILES string of the molecule is C=CC(=O)OCC(CO)(COC(=O)C=C)COC(=O)CCn1ccnc1. The van der Waals surface area contributed by atoms with E-state index in [2.05, 4.69) is 18.1 Å². The van der Waals surface area contributed by atoms with Crippen molar-refractivity contribution < 1.29 is 33.7 Å². The van der Waals surface area contributed by atoms with Crippen LogP contribution in [-0.2, 0) is 35.1 Å². The lowest BCUT2D eigenvalue weighted by Gasteiger charge is -2.29. The molecule has 0 saturated carbocycles. The molecule has 0 amide bonds. The Kier molecular flexibility index (Phi) is 8.79. The van der Waals surface area contributed by atoms with Gasteiger partial charge in [0.05, 0.1) is 24.8 Å². The highest BCUT2D eigenvalue weighted by molar-refractivity contribution is 5.81. The Morgan fingerprint density at radius 2 is 1.65 bits per heavy atom. The molecule has 142 valence electrons. The number of aryl methyl sites for hydroxylation is 1. The van der Waals surface area contributed by atoms with Crippen LogP contribution in [0.1, 0.15) is 6.42 Å². The molecule has 1 aromatic rings. The zero-order chi connectivity index (χ0) is 19.4. The number of aliphatic hydroxyl groups is 1. The maximum Gasteiger partial charge on any atom is 0.330 e. The summed E-state index contributed by atoms with van der Waals surface area (Å²) in [7, 11) is 0. The second kappa shape index (κ2) is 10.8. The number of hydrogen-bond acceptors (Lipinski definition) is 8. The van der Waals surface area contributed by atoms with Crippen molar-refractivity contribution in [3.05, 3.63) is 44.0 Å². The third kappa shape index (κ3) is 7.31. The average molecular weight is 366 g/mol. The number of aliphatic hydroxyl groups excluding tert-OH is 1. The number of rotatable bonds is 12. The van der Waals surface area contributed by atoms with Gasteiger partial charge in [-0.15, -0.1) is 0 Å². The van der Waals surface area contributed by atoms with Gasteiger partial charge in [-0.05, 0) is 0 Å². The minimum absolute atomic E-state index is 0.0801. The lowest BCUT2D eigenvalue weighted by atomic mass is 9.92. The molecule has 0 atom stereocenters. The molecule has 0 bridgehead atoms. The first-order valence-electron chi connectivity index (χ1n) is 7.75. The maximum absolute atomic E-state index is 11.9. The minimum atomic E-state index is -1.29. The number of ether oxygens (including phenoxy) is 3. The molecule has 1 rings (SSSR count). The van der Waals surface area contributed by atoms with Gasteiger partial charge in [0.25, 0.3) is 0 Å². The van der Waals surface area contributed by atoms with Crippen LogP contribution >= 0.6 is 0 Å². The fraction of sp³-hybridized carbons (Fsp3) is 0.412. The average Bonchev–Trinajstić information content (AvgIpc) is 3.19. The highest BCUT2D eigenvalue weighted by Crippen LogP contribution is 2.20. The quantitative estimate of drug-likeness (QED) is 0.318. The first kappa shape index (κ1) is 21.1. The Labute approximate surface area is 150 Å². The summed E-state index contributed by atoms with van der Waals surface area (Å²) in [5.74, 6) is -1.96. The highest BCUT2D eigenvalue weighted by atomic mass is 16.6. The predicted octanol–water partition coefficient (Wildman–Crippen LogP) is 0.254. The molecule has 0 unspecified atom stereocenters. The third-order valence-corrected chi connectivity index (χ3v) is 3.38. The fourth-order valence-corrected chi connectivity index (χ4v) is 1.77. The lowest BCUT2D eigenvalue weighted by molar-refractivity contribution is -0.161. The number of carbonyl (C=O) groups excluding carboxylic acids is 3. The molecule has 0 aliphatic carbocycles. The predicted molar refractivity (Wildman–Crippen MR) is 89.6 cm³/mol. The Balaban J connectivity index is 2.63. The van der Waals surface area contributed by atoms with Crippen LogP contribution in [0.4, 0.5) is 0 Å². The van der Waals surface area contributed by atoms with Crippen LogP contribution in [0.3, 0.4) is 0 Å². The summed E-state index contributed by atoms with van der Waals surface area (Å²) in [6.45, 7) is 5.41. The molecule has 1 aromatic heterocycles. The normalized spacial score (nSPS) is 10.7. The van der Waals surface area contributed by atoms with E-state index < -0.39 is 29.9 Å². The zero-order valence-electron chi connectivity index (χ0n) is 14.3. The summed E-state index contributed by atoms with van der Waals surface area (Å²) in [4.78, 5) is 38.3. The van der Waals surface area contributed by atoms with Gasteiger partial charge < -0.3 is 23.9 Å². The largest absolute Gasteiger partial charge is 0.465 e. The number of imidazole rings is 1. The van der Waals surface area contributed by atoms with Crippen molar-refractivity contribution in [2.24, 2.45) is 5.41 Å². The van der Waals surface area contributed by atoms with E-state index in [1.54, 1.807) is 23.3 Å². The molecular formula is C17H22N2O7. The third-order valence-electron chi connectivity index (χ3n) is 3.38. The van der Waals surface area contributed by atoms with Crippen LogP contribution in [0.5, 0.6) is 0 Å². The van der Waals surface area contributed by atoms with E-state index >= 15 is 0 Å². The maximum atomic E-state index is 11.9. The minimum Gasteiger partial charge on any atom is -0.465 e. The summed E-state index contributed by atoms with van der Waals surface area (Å²) in [5, 5.41) is 9.70. The van der Waals surface area contributed by atoms with E-state index in [0.717, 1.165) is 12.2 Å². The number of aromatic nitrogens is 2. The molecule has 9 heteroatoms. The molecular weight excluding hydrogens is 344 g/mol. The highest BCUT2D eigenvalue weighted by Gasteiger charge is 2.35. The summed E-state index contributed by atoms with van der Waals surface area (Å²) >= 11 is 0. The molecule has 1 N–H and O–H groups in total. The molecule has 0 spiro atoms. The van der Waals surface area contributed by atoms with Crippen molar-refractivity contribution in [2.75, 3.05) is 26.4 Å². The molecule has 0 radical (unpaired) electrons. The molecule has 0 fully saturated rings. The number of esters is 3. The van der Waals surface area contributed by atoms with Gasteiger partial charge in [0.15, 0.2) is 0 Å². The Morgan fingerprint density at radius 3 is 2.12 bits per heavy atom. The van der Waals surface area contributed by atoms with Crippen molar-refractivity contribution in [3.63, 3.8) is 0 Å². The van der Waals surface area contributed by atoms with E-state index in [1.807, 2.05) is 0 Å². The van der Waals surface area contributed by atoms with Crippen LogP contribution in [0.2, 0.25) is 0 Å². The van der Waals surface area contributed by atoms with Gasteiger partial charge in [-0.1, -0.05) is 13.2 Å². The summed E-state index contributed by atoms with van der Waals surface area (Å²) in [6, 6.07) is 0. The van der Waals surface area contributed by atoms with E-state index in [1.165, 1.54) is 0 Å². The first-order valence-corrected chi connectivity index (χ1v) is 7.75. The van der Waals surface area contributed by atoms with Crippen molar-refractivity contribution in [3.8, 4) is 0 Å². The van der Waals surface area contributed by atoms with Crippen LogP contribution in [0, 0.1) is 5.41 Å². The second-order valence-corrected chi connectivity index (χ2v) is 5.49. The van der Waals surface area contributed by atoms with Crippen LogP contribution < -0.4 is 0 Å². The number of nitrogens with zero attached hydrogens (tertiary/aromatic N) is 2. The standard InChI is InChI=1S/C17H22N2O7/c1-3-14(21)24-10-17(9-20,11-25-15(22)4-2)12-26-16(23)5-7-19-8-6-18-13-19/h3-4,6,8,13,20H,1-2,5,7,9-12H2. The van der Waals surface area contributed by atoms with E-state index in [4.69, 9.17) is 14.2 Å². The van der Waals surface area contributed by atoms with Gasteiger partial charge in [0, 0.05) is 31.1 Å².